The molecule has 0 bridgehead atoms. The first-order valence-electron chi connectivity index (χ1n) is 13.5. The quantitative estimate of drug-likeness (QED) is 0.513. The normalized spacial score (nSPS) is 18.2. The predicted octanol–water partition coefficient (Wildman–Crippen LogP) is 3.76. The summed E-state index contributed by atoms with van der Waals surface area (Å²) >= 11 is 0. The number of carbonyl (C=O) groups is 3. The zero-order valence-corrected chi connectivity index (χ0v) is 21.8. The summed E-state index contributed by atoms with van der Waals surface area (Å²) in [5, 5.41) is 12.6. The van der Waals surface area contributed by atoms with Gasteiger partial charge in [-0.05, 0) is 86.4 Å². The minimum atomic E-state index is -0.896. The first-order valence-corrected chi connectivity index (χ1v) is 13.5. The van der Waals surface area contributed by atoms with Crippen LogP contribution in [0.5, 0.6) is 0 Å². The van der Waals surface area contributed by atoms with Crippen molar-refractivity contribution in [1.29, 1.82) is 0 Å². The Morgan fingerprint density at radius 2 is 1.81 bits per heavy atom. The van der Waals surface area contributed by atoms with E-state index in [4.69, 9.17) is 0 Å². The Balaban J connectivity index is 1.48. The van der Waals surface area contributed by atoms with Gasteiger partial charge in [0.1, 0.15) is 0 Å². The van der Waals surface area contributed by atoms with Crippen molar-refractivity contribution in [2.24, 2.45) is 11.8 Å². The van der Waals surface area contributed by atoms with Gasteiger partial charge in [0.05, 0.1) is 0 Å². The molecule has 0 spiro atoms. The summed E-state index contributed by atoms with van der Waals surface area (Å²) in [6.07, 6.45) is 4.78. The third kappa shape index (κ3) is 7.41. The number of nitrogens with one attached hydrogen (secondary N) is 1. The van der Waals surface area contributed by atoms with Crippen LogP contribution >= 0.6 is 0 Å². The van der Waals surface area contributed by atoms with Gasteiger partial charge in [0.2, 0.25) is 5.91 Å². The molecule has 2 aliphatic heterocycles. The van der Waals surface area contributed by atoms with Crippen LogP contribution in [0, 0.1) is 11.8 Å². The van der Waals surface area contributed by atoms with Crippen molar-refractivity contribution < 1.29 is 19.5 Å². The third-order valence-electron chi connectivity index (χ3n) is 7.84. The maximum absolute atomic E-state index is 13.5. The maximum Gasteiger partial charge on any atom is 0.303 e. The van der Waals surface area contributed by atoms with Crippen LogP contribution in [0.3, 0.4) is 0 Å². The molecular weight excluding hydrogens is 466 g/mol. The molecule has 1 unspecified atom stereocenters. The van der Waals surface area contributed by atoms with Gasteiger partial charge in [-0.3, -0.25) is 14.4 Å². The van der Waals surface area contributed by atoms with E-state index >= 15 is 0 Å². The lowest BCUT2D eigenvalue weighted by molar-refractivity contribution is -0.139. The van der Waals surface area contributed by atoms with Gasteiger partial charge in [0, 0.05) is 44.6 Å². The van der Waals surface area contributed by atoms with E-state index in [9.17, 15) is 19.5 Å². The van der Waals surface area contributed by atoms with Crippen LogP contribution in [0.15, 0.2) is 48.5 Å². The molecule has 2 aliphatic rings. The number of carbonyl (C=O) groups excluding carboxylic acids is 2. The van der Waals surface area contributed by atoms with Gasteiger partial charge in [-0.25, -0.2) is 0 Å². The number of aliphatic carboxylic acids is 1. The SMILES string of the molecule is CN(CCC1CCNCC1)C(=O)c1ccc2c(c1)CC(CCC(=O)O)C(=O)N(CCc1ccccc1)C2. The summed E-state index contributed by atoms with van der Waals surface area (Å²) in [4.78, 5) is 41.6. The van der Waals surface area contributed by atoms with Crippen molar-refractivity contribution in [2.45, 2.75) is 51.5 Å². The van der Waals surface area contributed by atoms with Crippen molar-refractivity contribution in [1.82, 2.24) is 15.1 Å². The second kappa shape index (κ2) is 12.9. The number of rotatable bonds is 10. The lowest BCUT2D eigenvalue weighted by atomic mass is 9.91. The van der Waals surface area contributed by atoms with E-state index in [-0.39, 0.29) is 18.2 Å². The lowest BCUT2D eigenvalue weighted by Crippen LogP contribution is -2.36. The van der Waals surface area contributed by atoms with Gasteiger partial charge < -0.3 is 20.2 Å². The minimum Gasteiger partial charge on any atom is -0.481 e. The van der Waals surface area contributed by atoms with E-state index in [1.807, 2.05) is 48.3 Å². The Morgan fingerprint density at radius 1 is 1.05 bits per heavy atom. The van der Waals surface area contributed by atoms with Crippen molar-refractivity contribution in [3.63, 3.8) is 0 Å². The van der Waals surface area contributed by atoms with Crippen LogP contribution in [0.1, 0.15) is 59.2 Å². The van der Waals surface area contributed by atoms with Gasteiger partial charge in [-0.2, -0.15) is 0 Å². The Morgan fingerprint density at radius 3 is 2.54 bits per heavy atom. The summed E-state index contributed by atoms with van der Waals surface area (Å²) in [5.41, 5.74) is 3.81. The smallest absolute Gasteiger partial charge is 0.303 e. The van der Waals surface area contributed by atoms with Crippen molar-refractivity contribution in [2.75, 3.05) is 33.2 Å². The second-order valence-electron chi connectivity index (χ2n) is 10.5. The highest BCUT2D eigenvalue weighted by molar-refractivity contribution is 5.94. The molecule has 2 N–H and O–H groups in total. The van der Waals surface area contributed by atoms with Crippen LogP contribution in [-0.2, 0) is 29.0 Å². The highest BCUT2D eigenvalue weighted by Gasteiger charge is 2.30. The molecular formula is C30H39N3O4. The molecule has 198 valence electrons. The average Bonchev–Trinajstić information content (AvgIpc) is 3.05. The summed E-state index contributed by atoms with van der Waals surface area (Å²) in [6, 6.07) is 15.8. The number of benzene rings is 2. The number of amides is 2. The summed E-state index contributed by atoms with van der Waals surface area (Å²) in [7, 11) is 1.86. The van der Waals surface area contributed by atoms with Gasteiger partial charge >= 0.3 is 5.97 Å². The van der Waals surface area contributed by atoms with Gasteiger partial charge in [-0.15, -0.1) is 0 Å². The molecule has 37 heavy (non-hydrogen) atoms. The van der Waals surface area contributed by atoms with Crippen molar-refractivity contribution in [3.05, 3.63) is 70.8 Å². The molecule has 0 aliphatic carbocycles. The fraction of sp³-hybridized carbons (Fsp3) is 0.500. The highest BCUT2D eigenvalue weighted by Crippen LogP contribution is 2.28. The molecule has 2 amide bonds. The topological polar surface area (TPSA) is 90.0 Å². The van der Waals surface area contributed by atoms with Crippen LogP contribution < -0.4 is 5.32 Å². The number of fused-ring (bicyclic) bond motifs is 1. The largest absolute Gasteiger partial charge is 0.481 e. The fourth-order valence-corrected chi connectivity index (χ4v) is 5.49. The van der Waals surface area contributed by atoms with Gasteiger partial charge in [0.25, 0.3) is 5.91 Å². The molecule has 0 radical (unpaired) electrons. The predicted molar refractivity (Wildman–Crippen MR) is 143 cm³/mol. The monoisotopic (exact) mass is 505 g/mol. The van der Waals surface area contributed by atoms with Crippen molar-refractivity contribution in [3.8, 4) is 0 Å². The van der Waals surface area contributed by atoms with Crippen LogP contribution in [0.25, 0.3) is 0 Å². The fourth-order valence-electron chi connectivity index (χ4n) is 5.49. The molecule has 7 nitrogen and oxygen atoms in total. The van der Waals surface area contributed by atoms with Crippen LogP contribution in [0.2, 0.25) is 0 Å². The summed E-state index contributed by atoms with van der Waals surface area (Å²) in [5.74, 6) is -0.648. The number of hydrogen-bond donors (Lipinski definition) is 2. The van der Waals surface area contributed by atoms with Gasteiger partial charge in [0.15, 0.2) is 0 Å². The molecule has 1 atom stereocenters. The molecule has 1 fully saturated rings. The molecule has 2 aromatic carbocycles. The van der Waals surface area contributed by atoms with Gasteiger partial charge in [-0.1, -0.05) is 36.4 Å². The van der Waals surface area contributed by atoms with Crippen LogP contribution in [-0.4, -0.2) is 65.9 Å². The first kappa shape index (κ1) is 26.9. The third-order valence-corrected chi connectivity index (χ3v) is 7.84. The molecule has 2 heterocycles. The van der Waals surface area contributed by atoms with E-state index in [1.165, 1.54) is 0 Å². The molecule has 0 saturated carbocycles. The molecule has 1 saturated heterocycles. The number of piperidine rings is 1. The number of carboxylic acids is 1. The van der Waals surface area contributed by atoms with E-state index < -0.39 is 11.9 Å². The van der Waals surface area contributed by atoms with E-state index in [0.29, 0.717) is 37.4 Å². The lowest BCUT2D eigenvalue weighted by Gasteiger charge is -2.25. The number of nitrogens with zero attached hydrogens (tertiary/aromatic N) is 2. The number of carboxylic acid groups (broad SMARTS) is 1. The van der Waals surface area contributed by atoms with E-state index in [0.717, 1.165) is 62.0 Å². The average molecular weight is 506 g/mol. The second-order valence-corrected chi connectivity index (χ2v) is 10.5. The highest BCUT2D eigenvalue weighted by atomic mass is 16.4. The Bertz CT molecular complexity index is 1080. The van der Waals surface area contributed by atoms with E-state index in [1.54, 1.807) is 4.90 Å². The first-order chi connectivity index (χ1) is 17.9. The molecule has 4 rings (SSSR count). The standard InChI is InChI=1S/C30H39N3O4/c1-32(17-13-23-11-15-31-16-12-23)29(36)24-7-8-26-21-33(18-14-22-5-3-2-4-6-22)30(37)25(9-10-28(34)35)20-27(26)19-24/h2-8,19,23,25,31H,9-18,20-21H2,1H3,(H,34,35). The minimum absolute atomic E-state index is 0.000322. The summed E-state index contributed by atoms with van der Waals surface area (Å²) < 4.78 is 0. The summed E-state index contributed by atoms with van der Waals surface area (Å²) in [6.45, 7) is 3.89. The van der Waals surface area contributed by atoms with E-state index in [2.05, 4.69) is 17.4 Å². The zero-order chi connectivity index (χ0) is 26.2. The molecule has 7 heteroatoms. The molecule has 2 aromatic rings. The number of hydrogen-bond acceptors (Lipinski definition) is 4. The Labute approximate surface area is 219 Å². The molecule has 0 aromatic heterocycles. The Kier molecular flexibility index (Phi) is 9.34. The zero-order valence-electron chi connectivity index (χ0n) is 21.8. The van der Waals surface area contributed by atoms with Crippen molar-refractivity contribution >= 4 is 17.8 Å². The Hall–Kier alpha value is -3.19. The maximum atomic E-state index is 13.5. The van der Waals surface area contributed by atoms with Crippen LogP contribution in [0.4, 0.5) is 0 Å².